The molecule has 1 saturated heterocycles. The molecule has 6 heteroatoms. The number of halogens is 3. The summed E-state index contributed by atoms with van der Waals surface area (Å²) in [6.45, 7) is 4.68. The Morgan fingerprint density at radius 3 is 2.82 bits per heavy atom. The molecule has 2 N–H and O–H groups in total. The minimum Gasteiger partial charge on any atom is -0.379 e. The molecule has 1 aliphatic rings. The fourth-order valence-electron chi connectivity index (χ4n) is 1.92. The second-order valence-corrected chi connectivity index (χ2v) is 4.54. The summed E-state index contributed by atoms with van der Waals surface area (Å²) in [5, 5.41) is 6.43. The molecule has 0 saturated carbocycles. The lowest BCUT2D eigenvalue weighted by molar-refractivity contribution is -0.135. The van der Waals surface area contributed by atoms with Gasteiger partial charge in [-0.3, -0.25) is 0 Å². The smallest absolute Gasteiger partial charge is 0.379 e. The van der Waals surface area contributed by atoms with Gasteiger partial charge in [-0.15, -0.1) is 0 Å². The molecule has 1 fully saturated rings. The van der Waals surface area contributed by atoms with Crippen molar-refractivity contribution in [3.63, 3.8) is 0 Å². The third kappa shape index (κ3) is 7.57. The molecule has 0 radical (unpaired) electrons. The number of morpholine rings is 1. The second kappa shape index (κ2) is 7.18. The summed E-state index contributed by atoms with van der Waals surface area (Å²) >= 11 is 0. The molecule has 17 heavy (non-hydrogen) atoms. The lowest BCUT2D eigenvalue weighted by Gasteiger charge is -2.26. The summed E-state index contributed by atoms with van der Waals surface area (Å²) in [5.41, 5.74) is 0. The van der Waals surface area contributed by atoms with Crippen molar-refractivity contribution in [2.75, 3.05) is 26.3 Å². The van der Waals surface area contributed by atoms with Crippen LogP contribution in [0.2, 0.25) is 0 Å². The van der Waals surface area contributed by atoms with E-state index in [9.17, 15) is 13.2 Å². The number of ether oxygens (including phenoxy) is 1. The molecular formula is C11H21F3N2O. The van der Waals surface area contributed by atoms with Gasteiger partial charge < -0.3 is 15.4 Å². The van der Waals surface area contributed by atoms with Crippen molar-refractivity contribution < 1.29 is 17.9 Å². The summed E-state index contributed by atoms with van der Waals surface area (Å²) in [4.78, 5) is 0. The highest BCUT2D eigenvalue weighted by Crippen LogP contribution is 2.20. The van der Waals surface area contributed by atoms with Crippen LogP contribution in [0.1, 0.15) is 26.2 Å². The van der Waals surface area contributed by atoms with Crippen LogP contribution in [0.25, 0.3) is 0 Å². The van der Waals surface area contributed by atoms with E-state index in [2.05, 4.69) is 10.6 Å². The van der Waals surface area contributed by atoms with Crippen molar-refractivity contribution in [1.29, 1.82) is 0 Å². The minimum absolute atomic E-state index is 0.141. The second-order valence-electron chi connectivity index (χ2n) is 4.54. The number of hydrogen-bond donors (Lipinski definition) is 2. The van der Waals surface area contributed by atoms with Gasteiger partial charge in [0.1, 0.15) is 0 Å². The van der Waals surface area contributed by atoms with E-state index < -0.39 is 12.6 Å². The molecule has 1 rings (SSSR count). The van der Waals surface area contributed by atoms with Gasteiger partial charge in [0.05, 0.1) is 13.2 Å². The molecule has 1 aliphatic heterocycles. The van der Waals surface area contributed by atoms with E-state index in [1.165, 1.54) is 0 Å². The standard InChI is InChI=1S/C11H21F3N2O/c1-9(7-10-8-17-6-5-16-10)15-4-2-3-11(12,13)14/h9-10,15-16H,2-8H2,1H3. The predicted octanol–water partition coefficient (Wildman–Crippen LogP) is 1.69. The Morgan fingerprint density at radius 1 is 1.47 bits per heavy atom. The molecule has 0 spiro atoms. The molecular weight excluding hydrogens is 233 g/mol. The van der Waals surface area contributed by atoms with Crippen LogP contribution in [0.3, 0.4) is 0 Å². The van der Waals surface area contributed by atoms with E-state index in [0.29, 0.717) is 19.2 Å². The first-order valence-corrected chi connectivity index (χ1v) is 6.08. The zero-order valence-electron chi connectivity index (χ0n) is 10.1. The molecule has 3 nitrogen and oxygen atoms in total. The first kappa shape index (κ1) is 14.7. The van der Waals surface area contributed by atoms with Gasteiger partial charge in [0, 0.05) is 25.0 Å². The molecule has 102 valence electrons. The quantitative estimate of drug-likeness (QED) is 0.708. The van der Waals surface area contributed by atoms with E-state index in [1.54, 1.807) is 0 Å². The average Bonchev–Trinajstić information content (AvgIpc) is 2.25. The van der Waals surface area contributed by atoms with Crippen molar-refractivity contribution in [3.8, 4) is 0 Å². The van der Waals surface area contributed by atoms with Crippen molar-refractivity contribution >= 4 is 0 Å². The van der Waals surface area contributed by atoms with Crippen LogP contribution in [0.15, 0.2) is 0 Å². The monoisotopic (exact) mass is 254 g/mol. The van der Waals surface area contributed by atoms with Crippen molar-refractivity contribution in [1.82, 2.24) is 10.6 Å². The maximum absolute atomic E-state index is 11.9. The van der Waals surface area contributed by atoms with E-state index >= 15 is 0 Å². The highest BCUT2D eigenvalue weighted by Gasteiger charge is 2.26. The molecule has 0 amide bonds. The van der Waals surface area contributed by atoms with Gasteiger partial charge in [0.2, 0.25) is 0 Å². The van der Waals surface area contributed by atoms with Gasteiger partial charge in [0.15, 0.2) is 0 Å². The summed E-state index contributed by atoms with van der Waals surface area (Å²) in [7, 11) is 0. The van der Waals surface area contributed by atoms with Crippen LogP contribution >= 0.6 is 0 Å². The van der Waals surface area contributed by atoms with Crippen LogP contribution < -0.4 is 10.6 Å². The normalized spacial score (nSPS) is 23.6. The van der Waals surface area contributed by atoms with E-state index in [1.807, 2.05) is 6.92 Å². The third-order valence-electron chi connectivity index (χ3n) is 2.77. The average molecular weight is 254 g/mol. The first-order chi connectivity index (χ1) is 7.97. The minimum atomic E-state index is -4.04. The number of nitrogens with one attached hydrogen (secondary N) is 2. The summed E-state index contributed by atoms with van der Waals surface area (Å²) < 4.78 is 41.0. The van der Waals surface area contributed by atoms with Gasteiger partial charge in [-0.05, 0) is 26.3 Å². The fourth-order valence-corrected chi connectivity index (χ4v) is 1.92. The van der Waals surface area contributed by atoms with Crippen LogP contribution in [0.4, 0.5) is 13.2 Å². The lowest BCUT2D eigenvalue weighted by Crippen LogP contribution is -2.45. The molecule has 1 heterocycles. The van der Waals surface area contributed by atoms with E-state index in [0.717, 1.165) is 19.6 Å². The van der Waals surface area contributed by atoms with E-state index in [4.69, 9.17) is 4.74 Å². The summed E-state index contributed by atoms with van der Waals surface area (Å²) in [5.74, 6) is 0. The van der Waals surface area contributed by atoms with Gasteiger partial charge in [-0.25, -0.2) is 0 Å². The Hall–Kier alpha value is -0.330. The van der Waals surface area contributed by atoms with Crippen molar-refractivity contribution in [2.45, 2.75) is 44.4 Å². The fraction of sp³-hybridized carbons (Fsp3) is 1.00. The largest absolute Gasteiger partial charge is 0.389 e. The van der Waals surface area contributed by atoms with Crippen molar-refractivity contribution in [3.05, 3.63) is 0 Å². The Labute approximate surface area is 100 Å². The summed E-state index contributed by atoms with van der Waals surface area (Å²) in [6, 6.07) is 0.524. The zero-order chi connectivity index (χ0) is 12.7. The van der Waals surface area contributed by atoms with Crippen molar-refractivity contribution in [2.24, 2.45) is 0 Å². The van der Waals surface area contributed by atoms with Crippen LogP contribution in [0.5, 0.6) is 0 Å². The topological polar surface area (TPSA) is 33.3 Å². The summed E-state index contributed by atoms with van der Waals surface area (Å²) in [6.07, 6.45) is -3.73. The molecule has 0 aliphatic carbocycles. The molecule has 2 atom stereocenters. The van der Waals surface area contributed by atoms with Gasteiger partial charge in [-0.2, -0.15) is 13.2 Å². The highest BCUT2D eigenvalue weighted by molar-refractivity contribution is 4.75. The molecule has 0 aromatic rings. The number of alkyl halides is 3. The maximum atomic E-state index is 11.9. The van der Waals surface area contributed by atoms with Gasteiger partial charge >= 0.3 is 6.18 Å². The highest BCUT2D eigenvalue weighted by atomic mass is 19.4. The van der Waals surface area contributed by atoms with Crippen LogP contribution in [-0.2, 0) is 4.74 Å². The zero-order valence-corrected chi connectivity index (χ0v) is 10.1. The van der Waals surface area contributed by atoms with Crippen LogP contribution in [0, 0.1) is 0 Å². The lowest BCUT2D eigenvalue weighted by atomic mass is 10.1. The molecule has 0 aromatic carbocycles. The molecule has 0 bridgehead atoms. The SMILES string of the molecule is CC(CC1COCCN1)NCCCC(F)(F)F. The molecule has 0 aromatic heterocycles. The van der Waals surface area contributed by atoms with Gasteiger partial charge in [0.25, 0.3) is 0 Å². The Balaban J connectivity index is 2.02. The molecule has 2 unspecified atom stereocenters. The first-order valence-electron chi connectivity index (χ1n) is 6.08. The Morgan fingerprint density at radius 2 is 2.24 bits per heavy atom. The number of rotatable bonds is 6. The van der Waals surface area contributed by atoms with Gasteiger partial charge in [-0.1, -0.05) is 0 Å². The Kier molecular flexibility index (Phi) is 6.22. The Bertz CT molecular complexity index is 205. The van der Waals surface area contributed by atoms with Crippen LogP contribution in [-0.4, -0.2) is 44.6 Å². The predicted molar refractivity (Wildman–Crippen MR) is 60.0 cm³/mol. The third-order valence-corrected chi connectivity index (χ3v) is 2.77. The van der Waals surface area contributed by atoms with E-state index in [-0.39, 0.29) is 12.5 Å². The maximum Gasteiger partial charge on any atom is 0.389 e. The number of hydrogen-bond acceptors (Lipinski definition) is 3.